The van der Waals surface area contributed by atoms with E-state index in [1.807, 2.05) is 0 Å². The largest absolute Gasteiger partial charge is 0.393 e. The van der Waals surface area contributed by atoms with E-state index in [2.05, 4.69) is 63.8 Å². The molecule has 37 heavy (non-hydrogen) atoms. The smallest absolute Gasteiger partial charge is 0.0811 e. The Hall–Kier alpha value is -1.42. The van der Waals surface area contributed by atoms with E-state index in [1.54, 1.807) is 0 Å². The van der Waals surface area contributed by atoms with Crippen molar-refractivity contribution in [2.45, 2.75) is 123 Å². The fourth-order valence-electron chi connectivity index (χ4n) is 7.75. The molecule has 3 N–H and O–H groups in total. The van der Waals surface area contributed by atoms with Crippen molar-refractivity contribution in [3.8, 4) is 0 Å². The molecule has 0 aromatic heterocycles. The summed E-state index contributed by atoms with van der Waals surface area (Å²) in [5, 5.41) is 31.4. The first-order chi connectivity index (χ1) is 17.7. The molecule has 4 rings (SSSR count). The van der Waals surface area contributed by atoms with Crippen LogP contribution in [0.15, 0.2) is 59.8 Å². The third kappa shape index (κ3) is 6.43. The third-order valence-electron chi connectivity index (χ3n) is 10.4. The van der Waals surface area contributed by atoms with Crippen LogP contribution >= 0.6 is 0 Å². The van der Waals surface area contributed by atoms with Crippen molar-refractivity contribution in [3.63, 3.8) is 0 Å². The van der Waals surface area contributed by atoms with Crippen LogP contribution in [0.25, 0.3) is 0 Å². The van der Waals surface area contributed by atoms with E-state index in [0.29, 0.717) is 30.6 Å². The molecule has 4 saturated carbocycles. The fraction of sp³-hybridized carbons (Fsp3) is 0.706. The molecule has 0 amide bonds. The number of hydrogen-bond donors (Lipinski definition) is 3. The van der Waals surface area contributed by atoms with E-state index in [9.17, 15) is 15.3 Å². The zero-order chi connectivity index (χ0) is 26.6. The lowest BCUT2D eigenvalue weighted by Gasteiger charge is -2.44. The number of hydrogen-bond acceptors (Lipinski definition) is 3. The van der Waals surface area contributed by atoms with Crippen molar-refractivity contribution in [2.75, 3.05) is 0 Å². The number of rotatable bonds is 10. The number of unbranched alkanes of at least 4 members (excludes halogenated alkanes) is 3. The van der Waals surface area contributed by atoms with Gasteiger partial charge in [-0.1, -0.05) is 82.2 Å². The molecular formula is C34H52O3. The zero-order valence-corrected chi connectivity index (χ0v) is 23.7. The Morgan fingerprint density at radius 2 is 1.86 bits per heavy atom. The van der Waals surface area contributed by atoms with E-state index < -0.39 is 12.2 Å². The van der Waals surface area contributed by atoms with Gasteiger partial charge in [-0.25, -0.2) is 0 Å². The summed E-state index contributed by atoms with van der Waals surface area (Å²) in [6.07, 6.45) is 26.2. The highest BCUT2D eigenvalue weighted by Gasteiger charge is 2.50. The second-order valence-corrected chi connectivity index (χ2v) is 13.0. The van der Waals surface area contributed by atoms with E-state index in [1.165, 1.54) is 50.5 Å². The molecular weight excluding hydrogens is 456 g/mol. The van der Waals surface area contributed by atoms with Gasteiger partial charge in [0.05, 0.1) is 18.3 Å². The van der Waals surface area contributed by atoms with Gasteiger partial charge in [0.15, 0.2) is 0 Å². The topological polar surface area (TPSA) is 60.7 Å². The Balaban J connectivity index is 1.40. The van der Waals surface area contributed by atoms with Crippen LogP contribution in [0.5, 0.6) is 0 Å². The Kier molecular flexibility index (Phi) is 9.41. The molecule has 4 aliphatic carbocycles. The predicted molar refractivity (Wildman–Crippen MR) is 154 cm³/mol. The third-order valence-corrected chi connectivity index (χ3v) is 10.4. The Labute approximate surface area is 226 Å². The van der Waals surface area contributed by atoms with Gasteiger partial charge in [0.25, 0.3) is 0 Å². The molecule has 3 heteroatoms. The van der Waals surface area contributed by atoms with Crippen molar-refractivity contribution in [1.29, 1.82) is 0 Å². The molecule has 3 nitrogen and oxygen atoms in total. The molecule has 0 aromatic rings. The number of fused-ring (bicyclic) bond motifs is 1. The average Bonchev–Trinajstić information content (AvgIpc) is 3.57. The van der Waals surface area contributed by atoms with E-state index in [4.69, 9.17) is 0 Å². The quantitative estimate of drug-likeness (QED) is 0.210. The first-order valence-electron chi connectivity index (χ1n) is 15.2. The summed E-state index contributed by atoms with van der Waals surface area (Å²) in [5.41, 5.74) is 3.58. The summed E-state index contributed by atoms with van der Waals surface area (Å²) in [4.78, 5) is 0. The van der Waals surface area contributed by atoms with Crippen LogP contribution in [0.4, 0.5) is 0 Å². The summed E-state index contributed by atoms with van der Waals surface area (Å²) in [7, 11) is 0. The molecule has 0 unspecified atom stereocenters. The number of aliphatic hydroxyl groups is 3. The first-order valence-corrected chi connectivity index (χ1v) is 15.2. The fourth-order valence-corrected chi connectivity index (χ4v) is 7.75. The molecule has 7 atom stereocenters. The van der Waals surface area contributed by atoms with Gasteiger partial charge in [0, 0.05) is 11.8 Å². The molecule has 0 spiro atoms. The lowest BCUT2D eigenvalue weighted by atomic mass is 9.61. The number of aliphatic hydroxyl groups excluding tert-OH is 3. The minimum atomic E-state index is -0.629. The lowest BCUT2D eigenvalue weighted by Crippen LogP contribution is -2.35. The SMILES string of the molecule is C=C1C(=CC=C2CCC[C@]3(C)[C@@H]([C@H](C)C=C[C@H](O)C4(C=CCCCCC)CC4)CC[C@@H]23)C[C@@H](O)C[C@@H]1O. The van der Waals surface area contributed by atoms with Crippen LogP contribution in [0.2, 0.25) is 0 Å². The molecule has 0 aromatic carbocycles. The van der Waals surface area contributed by atoms with Gasteiger partial charge in [0.1, 0.15) is 0 Å². The van der Waals surface area contributed by atoms with Gasteiger partial charge in [-0.05, 0) is 98.5 Å². The zero-order valence-electron chi connectivity index (χ0n) is 23.7. The molecule has 0 bridgehead atoms. The minimum absolute atomic E-state index is 0.0108. The van der Waals surface area contributed by atoms with Crippen LogP contribution in [0.1, 0.15) is 104 Å². The first kappa shape index (κ1) is 28.6. The van der Waals surface area contributed by atoms with Crippen LogP contribution in [-0.2, 0) is 0 Å². The van der Waals surface area contributed by atoms with Crippen LogP contribution in [-0.4, -0.2) is 33.6 Å². The molecule has 0 saturated heterocycles. The molecule has 0 heterocycles. The van der Waals surface area contributed by atoms with E-state index in [-0.39, 0.29) is 16.9 Å². The maximum atomic E-state index is 11.0. The standard InChI is InChI=1S/C34H52O3/c1-5-6-7-8-9-19-34(20-21-34)32(37)17-12-24(2)29-15-16-30-26(11-10-18-33(29,30)4)13-14-27-22-28(35)23-31(36)25(27)3/h9,12-14,17,19,24,28-32,35-37H,3,5-8,10-11,15-16,18,20-23H2,1-2,4H3/t24-,28-,29-,30+,31+,32+,33-/m1/s1. The number of allylic oxidation sites excluding steroid dienone is 5. The van der Waals surface area contributed by atoms with Crippen molar-refractivity contribution in [3.05, 3.63) is 59.8 Å². The van der Waals surface area contributed by atoms with Crippen molar-refractivity contribution in [1.82, 2.24) is 0 Å². The van der Waals surface area contributed by atoms with Gasteiger partial charge in [-0.15, -0.1) is 0 Å². The van der Waals surface area contributed by atoms with Crippen molar-refractivity contribution < 1.29 is 15.3 Å². The normalized spacial score (nSPS) is 37.5. The van der Waals surface area contributed by atoms with Gasteiger partial charge in [0.2, 0.25) is 0 Å². The Morgan fingerprint density at radius 1 is 1.08 bits per heavy atom. The van der Waals surface area contributed by atoms with Crippen LogP contribution < -0.4 is 0 Å². The summed E-state index contributed by atoms with van der Waals surface area (Å²) in [6, 6.07) is 0. The monoisotopic (exact) mass is 508 g/mol. The van der Waals surface area contributed by atoms with Crippen LogP contribution in [0.3, 0.4) is 0 Å². The van der Waals surface area contributed by atoms with Gasteiger partial charge in [-0.3, -0.25) is 0 Å². The maximum absolute atomic E-state index is 11.0. The van der Waals surface area contributed by atoms with Gasteiger partial charge < -0.3 is 15.3 Å². The summed E-state index contributed by atoms with van der Waals surface area (Å²) in [6.45, 7) is 11.2. The summed E-state index contributed by atoms with van der Waals surface area (Å²) >= 11 is 0. The summed E-state index contributed by atoms with van der Waals surface area (Å²) < 4.78 is 0. The minimum Gasteiger partial charge on any atom is -0.393 e. The van der Waals surface area contributed by atoms with Gasteiger partial charge in [-0.2, -0.15) is 0 Å². The van der Waals surface area contributed by atoms with Crippen molar-refractivity contribution in [2.24, 2.45) is 28.6 Å². The maximum Gasteiger partial charge on any atom is 0.0811 e. The molecule has 4 aliphatic rings. The van der Waals surface area contributed by atoms with Crippen LogP contribution in [0, 0.1) is 28.6 Å². The van der Waals surface area contributed by atoms with E-state index >= 15 is 0 Å². The molecule has 206 valence electrons. The highest BCUT2D eigenvalue weighted by molar-refractivity contribution is 5.38. The summed E-state index contributed by atoms with van der Waals surface area (Å²) in [5.74, 6) is 1.68. The molecule has 4 fully saturated rings. The van der Waals surface area contributed by atoms with Gasteiger partial charge >= 0.3 is 0 Å². The highest BCUT2D eigenvalue weighted by atomic mass is 16.3. The second kappa shape index (κ2) is 12.2. The van der Waals surface area contributed by atoms with E-state index in [0.717, 1.165) is 36.8 Å². The Bertz CT molecular complexity index is 919. The highest BCUT2D eigenvalue weighted by Crippen LogP contribution is 2.59. The second-order valence-electron chi connectivity index (χ2n) is 13.0. The molecule has 0 radical (unpaired) electrons. The van der Waals surface area contributed by atoms with Crippen molar-refractivity contribution >= 4 is 0 Å². The predicted octanol–water partition coefficient (Wildman–Crippen LogP) is 7.60. The lowest BCUT2D eigenvalue weighted by molar-refractivity contribution is 0.0862. The average molecular weight is 509 g/mol. The molecule has 0 aliphatic heterocycles. The Morgan fingerprint density at radius 3 is 2.59 bits per heavy atom.